The summed E-state index contributed by atoms with van der Waals surface area (Å²) in [6.07, 6.45) is 0. The van der Waals surface area contributed by atoms with E-state index < -0.39 is 0 Å². The molecule has 28 heavy (non-hydrogen) atoms. The predicted molar refractivity (Wildman–Crippen MR) is 119 cm³/mol. The molecule has 0 bridgehead atoms. The van der Waals surface area contributed by atoms with Crippen LogP contribution >= 0.6 is 0 Å². The van der Waals surface area contributed by atoms with Gasteiger partial charge in [0.2, 0.25) is 0 Å². The molecule has 0 unspecified atom stereocenters. The van der Waals surface area contributed by atoms with Crippen LogP contribution in [0, 0.1) is 0 Å². The lowest BCUT2D eigenvalue weighted by Crippen LogP contribution is -1.99. The molecule has 4 nitrogen and oxygen atoms in total. The minimum absolute atomic E-state index is 0.570. The molecule has 4 heteroatoms. The summed E-state index contributed by atoms with van der Waals surface area (Å²) >= 11 is 0. The van der Waals surface area contributed by atoms with Crippen LogP contribution in [0.5, 0.6) is 0 Å². The molecule has 136 valence electrons. The molecule has 1 heterocycles. The molecule has 0 aliphatic rings. The monoisotopic (exact) mass is 364 g/mol. The molecule has 0 fully saturated rings. The molecule has 0 aliphatic heterocycles. The first-order valence-corrected chi connectivity index (χ1v) is 9.17. The Bertz CT molecular complexity index is 1250. The van der Waals surface area contributed by atoms with Crippen molar-refractivity contribution in [3.8, 4) is 16.8 Å². The first kappa shape index (κ1) is 16.3. The van der Waals surface area contributed by atoms with Gasteiger partial charge in [-0.2, -0.15) is 0 Å². The van der Waals surface area contributed by atoms with Crippen molar-refractivity contribution in [2.45, 2.75) is 0 Å². The van der Waals surface area contributed by atoms with Crippen molar-refractivity contribution in [1.29, 1.82) is 0 Å². The summed E-state index contributed by atoms with van der Waals surface area (Å²) in [5.74, 6) is 0. The van der Waals surface area contributed by atoms with Crippen molar-refractivity contribution < 1.29 is 0 Å². The molecule has 0 radical (unpaired) electrons. The number of anilines is 3. The number of nitrogens with two attached hydrogens (primary N) is 3. The first-order valence-electron chi connectivity index (χ1n) is 9.17. The van der Waals surface area contributed by atoms with Gasteiger partial charge in [-0.25, -0.2) is 0 Å². The summed E-state index contributed by atoms with van der Waals surface area (Å²) in [6.45, 7) is 0. The van der Waals surface area contributed by atoms with E-state index in [1.54, 1.807) is 12.1 Å². The average molecular weight is 364 g/mol. The predicted octanol–water partition coefficient (Wildman–Crippen LogP) is 5.20. The van der Waals surface area contributed by atoms with Gasteiger partial charge in [0, 0.05) is 39.1 Å². The minimum Gasteiger partial charge on any atom is -0.399 e. The Morgan fingerprint density at radius 1 is 0.571 bits per heavy atom. The lowest BCUT2D eigenvalue weighted by atomic mass is 10.0. The Balaban J connectivity index is 1.70. The van der Waals surface area contributed by atoms with Crippen LogP contribution in [0.4, 0.5) is 17.1 Å². The number of benzene rings is 4. The van der Waals surface area contributed by atoms with Crippen molar-refractivity contribution in [2.75, 3.05) is 17.2 Å². The maximum Gasteiger partial charge on any atom is 0.0541 e. The molecule has 0 saturated carbocycles. The highest BCUT2D eigenvalue weighted by Crippen LogP contribution is 2.36. The summed E-state index contributed by atoms with van der Waals surface area (Å²) < 4.78 is 2.28. The highest BCUT2D eigenvalue weighted by Gasteiger charge is 2.12. The smallest absolute Gasteiger partial charge is 0.0541 e. The first-order chi connectivity index (χ1) is 13.6. The molecule has 0 atom stereocenters. The fourth-order valence-corrected chi connectivity index (χ4v) is 4.02. The third-order valence-electron chi connectivity index (χ3n) is 5.22. The van der Waals surface area contributed by atoms with Gasteiger partial charge in [-0.15, -0.1) is 0 Å². The van der Waals surface area contributed by atoms with Crippen molar-refractivity contribution in [3.63, 3.8) is 0 Å². The van der Waals surface area contributed by atoms with Gasteiger partial charge in [-0.05, 0) is 42.0 Å². The molecule has 0 spiro atoms. The number of hydrogen-bond acceptors (Lipinski definition) is 3. The third-order valence-corrected chi connectivity index (χ3v) is 5.22. The van der Waals surface area contributed by atoms with E-state index in [2.05, 4.69) is 77.4 Å². The lowest BCUT2D eigenvalue weighted by molar-refractivity contribution is 1.18. The molecular formula is C24H20N4. The molecule has 5 rings (SSSR count). The number of hydrogen-bond donors (Lipinski definition) is 3. The van der Waals surface area contributed by atoms with E-state index in [0.29, 0.717) is 17.1 Å². The number of aromatic nitrogens is 1. The second-order valence-corrected chi connectivity index (χ2v) is 6.99. The van der Waals surface area contributed by atoms with E-state index in [1.165, 1.54) is 21.8 Å². The van der Waals surface area contributed by atoms with E-state index >= 15 is 0 Å². The van der Waals surface area contributed by atoms with Gasteiger partial charge in [0.05, 0.1) is 11.0 Å². The van der Waals surface area contributed by atoms with E-state index in [1.807, 2.05) is 0 Å². The van der Waals surface area contributed by atoms with E-state index in [9.17, 15) is 0 Å². The van der Waals surface area contributed by atoms with Crippen molar-refractivity contribution in [3.05, 3.63) is 84.9 Å². The molecule has 0 saturated heterocycles. The SMILES string of the molecule is Nc1cc(N)c(-c2ccc(-n3c4ccccc4c4ccccc43)cc2)c(N)c1. The van der Waals surface area contributed by atoms with Gasteiger partial charge in [-0.3, -0.25) is 0 Å². The molecule has 0 aliphatic carbocycles. The number of nitrogens with zero attached hydrogens (tertiary/aromatic N) is 1. The fourth-order valence-electron chi connectivity index (χ4n) is 4.02. The lowest BCUT2D eigenvalue weighted by Gasteiger charge is -2.13. The second-order valence-electron chi connectivity index (χ2n) is 6.99. The van der Waals surface area contributed by atoms with Crippen LogP contribution in [0.1, 0.15) is 0 Å². The molecule has 6 N–H and O–H groups in total. The standard InChI is InChI=1S/C24H20N4/c25-16-13-20(26)24(21(27)14-16)15-9-11-17(12-10-15)28-22-7-3-1-5-18(22)19-6-2-4-8-23(19)28/h1-14H,25-27H2. The molecular weight excluding hydrogens is 344 g/mol. The number of nitrogen functional groups attached to an aromatic ring is 3. The van der Waals surface area contributed by atoms with Gasteiger partial charge >= 0.3 is 0 Å². The summed E-state index contributed by atoms with van der Waals surface area (Å²) in [4.78, 5) is 0. The van der Waals surface area contributed by atoms with Crippen LogP contribution in [0.3, 0.4) is 0 Å². The maximum absolute atomic E-state index is 6.17. The van der Waals surface area contributed by atoms with Gasteiger partial charge in [0.1, 0.15) is 0 Å². The summed E-state index contributed by atoms with van der Waals surface area (Å²) in [5, 5.41) is 2.49. The Morgan fingerprint density at radius 2 is 1.07 bits per heavy atom. The Labute approximate surface area is 162 Å². The van der Waals surface area contributed by atoms with E-state index in [4.69, 9.17) is 17.2 Å². The largest absolute Gasteiger partial charge is 0.399 e. The van der Waals surface area contributed by atoms with Gasteiger partial charge in [0.15, 0.2) is 0 Å². The Kier molecular flexibility index (Phi) is 3.52. The number of para-hydroxylation sites is 2. The highest BCUT2D eigenvalue weighted by atomic mass is 15.0. The normalized spacial score (nSPS) is 11.3. The van der Waals surface area contributed by atoms with Crippen LogP contribution in [-0.4, -0.2) is 4.57 Å². The fraction of sp³-hybridized carbons (Fsp3) is 0. The quantitative estimate of drug-likeness (QED) is 0.377. The van der Waals surface area contributed by atoms with Crippen LogP contribution < -0.4 is 17.2 Å². The van der Waals surface area contributed by atoms with Crippen LogP contribution in [-0.2, 0) is 0 Å². The summed E-state index contributed by atoms with van der Waals surface area (Å²) in [6, 6.07) is 28.7. The van der Waals surface area contributed by atoms with Crippen molar-refractivity contribution >= 4 is 38.9 Å². The Hall–Kier alpha value is -3.92. The van der Waals surface area contributed by atoms with Gasteiger partial charge in [0.25, 0.3) is 0 Å². The minimum atomic E-state index is 0.570. The van der Waals surface area contributed by atoms with E-state index in [0.717, 1.165) is 16.8 Å². The zero-order chi connectivity index (χ0) is 19.3. The average Bonchev–Trinajstić information content (AvgIpc) is 3.02. The van der Waals surface area contributed by atoms with Gasteiger partial charge < -0.3 is 21.8 Å². The van der Waals surface area contributed by atoms with Crippen LogP contribution in [0.15, 0.2) is 84.9 Å². The van der Waals surface area contributed by atoms with E-state index in [-0.39, 0.29) is 0 Å². The summed E-state index contributed by atoms with van der Waals surface area (Å²) in [7, 11) is 0. The molecule has 0 amide bonds. The third kappa shape index (κ3) is 2.39. The molecule has 1 aromatic heterocycles. The second kappa shape index (κ2) is 6.06. The summed E-state index contributed by atoms with van der Waals surface area (Å²) in [5.41, 5.74) is 25.2. The Morgan fingerprint density at radius 3 is 1.61 bits per heavy atom. The number of fused-ring (bicyclic) bond motifs is 3. The maximum atomic E-state index is 6.17. The van der Waals surface area contributed by atoms with Gasteiger partial charge in [-0.1, -0.05) is 48.5 Å². The number of rotatable bonds is 2. The van der Waals surface area contributed by atoms with Crippen molar-refractivity contribution in [1.82, 2.24) is 4.57 Å². The zero-order valence-corrected chi connectivity index (χ0v) is 15.3. The molecule has 4 aromatic carbocycles. The van der Waals surface area contributed by atoms with Crippen LogP contribution in [0.2, 0.25) is 0 Å². The zero-order valence-electron chi connectivity index (χ0n) is 15.3. The topological polar surface area (TPSA) is 83.0 Å². The van der Waals surface area contributed by atoms with Crippen molar-refractivity contribution in [2.24, 2.45) is 0 Å². The molecule has 5 aromatic rings. The van der Waals surface area contributed by atoms with Crippen LogP contribution in [0.25, 0.3) is 38.6 Å². The highest BCUT2D eigenvalue weighted by molar-refractivity contribution is 6.09.